The molecule has 2 amide bonds. The number of amides is 2. The van der Waals surface area contributed by atoms with Gasteiger partial charge in [0.25, 0.3) is 0 Å². The summed E-state index contributed by atoms with van der Waals surface area (Å²) in [7, 11) is 0. The van der Waals surface area contributed by atoms with Gasteiger partial charge in [0.2, 0.25) is 0 Å². The molecule has 1 unspecified atom stereocenters. The summed E-state index contributed by atoms with van der Waals surface area (Å²) in [4.78, 5) is 22.6. The molecule has 0 heterocycles. The van der Waals surface area contributed by atoms with Crippen molar-refractivity contribution in [3.63, 3.8) is 0 Å². The van der Waals surface area contributed by atoms with Crippen LogP contribution in [0.3, 0.4) is 0 Å². The van der Waals surface area contributed by atoms with Crippen LogP contribution in [0.2, 0.25) is 0 Å². The zero-order valence-electron chi connectivity index (χ0n) is 13.6. The van der Waals surface area contributed by atoms with E-state index in [0.29, 0.717) is 13.0 Å². The van der Waals surface area contributed by atoms with Crippen molar-refractivity contribution in [2.75, 3.05) is 6.54 Å². The number of urea groups is 1. The second kappa shape index (κ2) is 12.1. The van der Waals surface area contributed by atoms with Gasteiger partial charge in [0.05, 0.1) is 12.0 Å². The number of carboxylic acid groups (broad SMARTS) is 1. The molecule has 2 N–H and O–H groups in total. The molecule has 6 heteroatoms. The van der Waals surface area contributed by atoms with E-state index in [2.05, 4.69) is 10.6 Å². The van der Waals surface area contributed by atoms with Crippen molar-refractivity contribution in [3.05, 3.63) is 35.9 Å². The van der Waals surface area contributed by atoms with Gasteiger partial charge in [-0.2, -0.15) is 0 Å². The average Bonchev–Trinajstić information content (AvgIpc) is 2.43. The van der Waals surface area contributed by atoms with Gasteiger partial charge in [0.1, 0.15) is 0 Å². The summed E-state index contributed by atoms with van der Waals surface area (Å²) in [6, 6.07) is 8.59. The molecule has 5 nitrogen and oxygen atoms in total. The van der Waals surface area contributed by atoms with Gasteiger partial charge >= 0.3 is 57.4 Å². The molecule has 0 aromatic heterocycles. The predicted molar refractivity (Wildman–Crippen MR) is 79.5 cm³/mol. The van der Waals surface area contributed by atoms with Crippen molar-refractivity contribution in [1.82, 2.24) is 10.6 Å². The monoisotopic (exact) mass is 330 g/mol. The maximum Gasteiger partial charge on any atom is 1.00 e. The third-order valence-electron chi connectivity index (χ3n) is 3.07. The van der Waals surface area contributed by atoms with E-state index in [0.717, 1.165) is 12.8 Å². The van der Waals surface area contributed by atoms with Crippen molar-refractivity contribution < 1.29 is 66.1 Å². The van der Waals surface area contributed by atoms with Gasteiger partial charge in [-0.25, -0.2) is 4.79 Å². The number of hydrogen-bond donors (Lipinski definition) is 2. The Bertz CT molecular complexity index is 452. The number of benzene rings is 1. The van der Waals surface area contributed by atoms with Gasteiger partial charge in [-0.3, -0.25) is 0 Å². The maximum atomic E-state index is 11.6. The van der Waals surface area contributed by atoms with E-state index in [1.807, 2.05) is 44.2 Å². The van der Waals surface area contributed by atoms with Crippen LogP contribution in [-0.2, 0) is 11.2 Å². The molecule has 1 aromatic carbocycles. The number of carbonyl (C=O) groups is 2. The fraction of sp³-hybridized carbons (Fsp3) is 0.500. The summed E-state index contributed by atoms with van der Waals surface area (Å²) in [6.45, 7) is 4.30. The van der Waals surface area contributed by atoms with E-state index >= 15 is 0 Å². The van der Waals surface area contributed by atoms with Crippen molar-refractivity contribution in [3.8, 4) is 0 Å². The molecule has 22 heavy (non-hydrogen) atoms. The molecule has 0 saturated heterocycles. The molecule has 0 radical (unpaired) electrons. The minimum absolute atomic E-state index is 0. The Morgan fingerprint density at radius 2 is 1.82 bits per heavy atom. The van der Waals surface area contributed by atoms with E-state index in [1.165, 1.54) is 5.56 Å². The number of carboxylic acids is 1. The summed E-state index contributed by atoms with van der Waals surface area (Å²) in [6.07, 6.45) is 2.04. The molecule has 1 rings (SSSR count). The number of rotatable bonds is 8. The molecule has 0 saturated carbocycles. The summed E-state index contributed by atoms with van der Waals surface area (Å²) >= 11 is 0. The summed E-state index contributed by atoms with van der Waals surface area (Å²) in [5, 5.41) is 16.0. The van der Waals surface area contributed by atoms with Crippen LogP contribution < -0.4 is 67.1 Å². The predicted octanol–water partition coefficient (Wildman–Crippen LogP) is -1.91. The van der Waals surface area contributed by atoms with Crippen LogP contribution in [0.1, 0.15) is 32.3 Å². The normalized spacial score (nSPS) is 11.4. The fourth-order valence-corrected chi connectivity index (χ4v) is 2.03. The van der Waals surface area contributed by atoms with Crippen LogP contribution in [-0.4, -0.2) is 24.6 Å². The minimum Gasteiger partial charge on any atom is -0.548 e. The zero-order chi connectivity index (χ0) is 15.7. The SMILES string of the molecule is CC(C)CC(NC(=O)NCCCc1ccccc1)C(=O)[O-].[K+]. The first-order chi connectivity index (χ1) is 9.99. The van der Waals surface area contributed by atoms with Crippen LogP contribution in [0.5, 0.6) is 0 Å². The Kier molecular flexibility index (Phi) is 11.9. The van der Waals surface area contributed by atoms with Gasteiger partial charge in [0, 0.05) is 6.54 Å². The number of aliphatic carboxylic acids is 1. The van der Waals surface area contributed by atoms with E-state index in [9.17, 15) is 14.7 Å². The third kappa shape index (κ3) is 9.58. The summed E-state index contributed by atoms with van der Waals surface area (Å²) < 4.78 is 0. The minimum atomic E-state index is -1.25. The average molecular weight is 330 g/mol. The van der Waals surface area contributed by atoms with E-state index in [4.69, 9.17) is 0 Å². The largest absolute Gasteiger partial charge is 1.00 e. The Labute approximate surface area is 174 Å². The second-order valence-corrected chi connectivity index (χ2v) is 5.49. The van der Waals surface area contributed by atoms with Gasteiger partial charge in [-0.15, -0.1) is 0 Å². The molecular weight excluding hydrogens is 307 g/mol. The molecule has 0 fully saturated rings. The van der Waals surface area contributed by atoms with Crippen molar-refractivity contribution in [2.45, 2.75) is 39.2 Å². The quantitative estimate of drug-likeness (QED) is 0.431. The van der Waals surface area contributed by atoms with E-state index < -0.39 is 18.0 Å². The Morgan fingerprint density at radius 3 is 2.36 bits per heavy atom. The molecule has 0 aliphatic rings. The molecule has 0 bridgehead atoms. The van der Waals surface area contributed by atoms with Gasteiger partial charge in [-0.1, -0.05) is 44.2 Å². The van der Waals surface area contributed by atoms with E-state index in [-0.39, 0.29) is 57.3 Å². The Hall–Kier alpha value is -0.404. The van der Waals surface area contributed by atoms with Crippen molar-refractivity contribution in [2.24, 2.45) is 5.92 Å². The van der Waals surface area contributed by atoms with Crippen LogP contribution in [0.4, 0.5) is 4.79 Å². The molecule has 1 aromatic rings. The topological polar surface area (TPSA) is 81.3 Å². The molecule has 1 atom stereocenters. The summed E-state index contributed by atoms with van der Waals surface area (Å²) in [5.74, 6) is -1.07. The first-order valence-electron chi connectivity index (χ1n) is 7.28. The van der Waals surface area contributed by atoms with Crippen LogP contribution >= 0.6 is 0 Å². The Morgan fingerprint density at radius 1 is 1.18 bits per heavy atom. The van der Waals surface area contributed by atoms with Gasteiger partial charge < -0.3 is 20.5 Å². The first kappa shape index (κ1) is 21.6. The number of hydrogen-bond acceptors (Lipinski definition) is 3. The zero-order valence-corrected chi connectivity index (χ0v) is 16.7. The van der Waals surface area contributed by atoms with Gasteiger partial charge in [0.15, 0.2) is 0 Å². The van der Waals surface area contributed by atoms with E-state index in [1.54, 1.807) is 0 Å². The Balaban J connectivity index is 0.00000441. The number of aryl methyl sites for hydroxylation is 1. The van der Waals surface area contributed by atoms with Crippen LogP contribution in [0.25, 0.3) is 0 Å². The second-order valence-electron chi connectivity index (χ2n) is 5.49. The first-order valence-corrected chi connectivity index (χ1v) is 7.28. The number of nitrogens with one attached hydrogen (secondary N) is 2. The maximum absolute atomic E-state index is 11.6. The standard InChI is InChI=1S/C16H24N2O3.K/c1-12(2)11-14(15(19)20)18-16(21)17-10-6-9-13-7-4-3-5-8-13;/h3-5,7-8,12,14H,6,9-11H2,1-2H3,(H,19,20)(H2,17,18,21);/q;+1/p-1. The molecule has 116 valence electrons. The molecular formula is C16H23KN2O3. The molecule has 0 aliphatic heterocycles. The smallest absolute Gasteiger partial charge is 0.548 e. The van der Waals surface area contributed by atoms with Crippen LogP contribution in [0, 0.1) is 5.92 Å². The molecule has 0 aliphatic carbocycles. The fourth-order valence-electron chi connectivity index (χ4n) is 2.03. The third-order valence-corrected chi connectivity index (χ3v) is 3.07. The van der Waals surface area contributed by atoms with Crippen LogP contribution in [0.15, 0.2) is 30.3 Å². The van der Waals surface area contributed by atoms with Crippen molar-refractivity contribution in [1.29, 1.82) is 0 Å². The van der Waals surface area contributed by atoms with Crippen molar-refractivity contribution >= 4 is 12.0 Å². The number of carbonyl (C=O) groups excluding carboxylic acids is 2. The summed E-state index contributed by atoms with van der Waals surface area (Å²) in [5.41, 5.74) is 1.21. The van der Waals surface area contributed by atoms with Gasteiger partial charge in [-0.05, 0) is 30.7 Å². The molecule has 0 spiro atoms.